The highest BCUT2D eigenvalue weighted by Crippen LogP contribution is 2.41. The molecule has 0 saturated heterocycles. The van der Waals surface area contributed by atoms with Crippen molar-refractivity contribution in [1.82, 2.24) is 19.5 Å². The third kappa shape index (κ3) is 3.13. The minimum atomic E-state index is -4.38. The van der Waals surface area contributed by atoms with Crippen LogP contribution >= 0.6 is 7.82 Å². The first kappa shape index (κ1) is 14.6. The van der Waals surface area contributed by atoms with Gasteiger partial charge in [0.05, 0.1) is 18.6 Å². The number of rotatable bonds is 4. The summed E-state index contributed by atoms with van der Waals surface area (Å²) in [5.74, 6) is 0.142. The number of aromatic nitrogens is 4. The summed E-state index contributed by atoms with van der Waals surface area (Å²) in [5, 5.41) is 0. The molecule has 8 nitrogen and oxygen atoms in total. The molecule has 9 heteroatoms. The number of fused-ring (bicyclic) bond motifs is 1. The van der Waals surface area contributed by atoms with E-state index in [4.69, 9.17) is 9.79 Å². The highest BCUT2D eigenvalue weighted by molar-refractivity contribution is 7.46. The van der Waals surface area contributed by atoms with Crippen molar-refractivity contribution < 1.29 is 18.9 Å². The Morgan fingerprint density at radius 1 is 1.38 bits per heavy atom. The van der Waals surface area contributed by atoms with Crippen LogP contribution < -0.4 is 0 Å². The van der Waals surface area contributed by atoms with Crippen molar-refractivity contribution in [1.29, 1.82) is 0 Å². The molecule has 0 amide bonds. The Balaban J connectivity index is 1.73. The van der Waals surface area contributed by atoms with Crippen LogP contribution in [0.2, 0.25) is 0 Å². The van der Waals surface area contributed by atoms with Crippen LogP contribution in [0.3, 0.4) is 0 Å². The lowest BCUT2D eigenvalue weighted by Gasteiger charge is -2.14. The van der Waals surface area contributed by atoms with Crippen molar-refractivity contribution in [3.63, 3.8) is 0 Å². The van der Waals surface area contributed by atoms with Gasteiger partial charge < -0.3 is 14.4 Å². The van der Waals surface area contributed by atoms with Crippen LogP contribution in [0, 0.1) is 12.8 Å². The van der Waals surface area contributed by atoms with Crippen molar-refractivity contribution in [3.05, 3.63) is 18.3 Å². The molecule has 3 rings (SSSR count). The van der Waals surface area contributed by atoms with E-state index in [1.165, 1.54) is 6.33 Å². The van der Waals surface area contributed by atoms with Crippen LogP contribution in [0.25, 0.3) is 11.2 Å². The SMILES string of the molecule is Cc1ncnc2c1ncn2[C@H]1CC[C@@H](COP(=O)(O)O)C1. The molecule has 0 unspecified atom stereocenters. The van der Waals surface area contributed by atoms with Gasteiger partial charge in [0.1, 0.15) is 11.8 Å². The van der Waals surface area contributed by atoms with Gasteiger partial charge in [-0.05, 0) is 32.1 Å². The Labute approximate surface area is 121 Å². The zero-order valence-corrected chi connectivity index (χ0v) is 12.5. The van der Waals surface area contributed by atoms with E-state index in [0.29, 0.717) is 0 Å². The van der Waals surface area contributed by atoms with Gasteiger partial charge in [0.15, 0.2) is 5.65 Å². The second kappa shape index (κ2) is 5.46. The van der Waals surface area contributed by atoms with Crippen LogP contribution in [0.4, 0.5) is 0 Å². The maximum atomic E-state index is 10.8. The Kier molecular flexibility index (Phi) is 3.79. The van der Waals surface area contributed by atoms with E-state index in [0.717, 1.165) is 36.1 Å². The van der Waals surface area contributed by atoms with Crippen LogP contribution in [-0.4, -0.2) is 35.9 Å². The van der Waals surface area contributed by atoms with Crippen LogP contribution in [0.15, 0.2) is 12.7 Å². The lowest BCUT2D eigenvalue weighted by Crippen LogP contribution is -2.08. The molecule has 0 bridgehead atoms. The summed E-state index contributed by atoms with van der Waals surface area (Å²) < 4.78 is 17.4. The normalized spacial score (nSPS) is 23.0. The summed E-state index contributed by atoms with van der Waals surface area (Å²) in [5.41, 5.74) is 2.45. The number of nitrogens with zero attached hydrogens (tertiary/aromatic N) is 4. The minimum Gasteiger partial charge on any atom is -0.312 e. The minimum absolute atomic E-state index is 0.0847. The molecule has 0 aromatic carbocycles. The van der Waals surface area contributed by atoms with Gasteiger partial charge in [-0.15, -0.1) is 0 Å². The average molecular weight is 312 g/mol. The zero-order valence-electron chi connectivity index (χ0n) is 11.6. The maximum Gasteiger partial charge on any atom is 0.469 e. The van der Waals surface area contributed by atoms with Gasteiger partial charge in [-0.3, -0.25) is 4.52 Å². The number of aryl methyl sites for hydroxylation is 1. The number of phosphoric ester groups is 1. The number of phosphoric acid groups is 1. The average Bonchev–Trinajstić information content (AvgIpc) is 3.02. The van der Waals surface area contributed by atoms with Crippen molar-refractivity contribution in [3.8, 4) is 0 Å². The molecule has 0 spiro atoms. The van der Waals surface area contributed by atoms with Gasteiger partial charge in [0, 0.05) is 6.04 Å². The Morgan fingerprint density at radius 3 is 2.95 bits per heavy atom. The first-order valence-electron chi connectivity index (χ1n) is 6.78. The van der Waals surface area contributed by atoms with Crippen molar-refractivity contribution in [2.24, 2.45) is 5.92 Å². The predicted molar refractivity (Wildman–Crippen MR) is 74.4 cm³/mol. The molecule has 2 N–H and O–H groups in total. The van der Waals surface area contributed by atoms with Crippen LogP contribution in [-0.2, 0) is 9.09 Å². The topological polar surface area (TPSA) is 110 Å². The van der Waals surface area contributed by atoms with Crippen molar-refractivity contribution >= 4 is 19.0 Å². The second-order valence-corrected chi connectivity index (χ2v) is 6.64. The molecule has 2 aromatic rings. The molecule has 2 heterocycles. The van der Waals surface area contributed by atoms with Gasteiger partial charge in [-0.2, -0.15) is 0 Å². The maximum absolute atomic E-state index is 10.8. The van der Waals surface area contributed by atoms with Crippen LogP contribution in [0.1, 0.15) is 31.0 Å². The van der Waals surface area contributed by atoms with E-state index in [-0.39, 0.29) is 18.6 Å². The highest BCUT2D eigenvalue weighted by Gasteiger charge is 2.29. The van der Waals surface area contributed by atoms with Gasteiger partial charge in [-0.1, -0.05) is 0 Å². The van der Waals surface area contributed by atoms with Crippen molar-refractivity contribution in [2.45, 2.75) is 32.2 Å². The molecule has 1 saturated carbocycles. The fourth-order valence-electron chi connectivity index (χ4n) is 2.89. The lowest BCUT2D eigenvalue weighted by molar-refractivity contribution is 0.167. The van der Waals surface area contributed by atoms with Gasteiger partial charge >= 0.3 is 7.82 Å². The molecule has 2 aromatic heterocycles. The molecule has 0 radical (unpaired) electrons. The molecule has 1 fully saturated rings. The number of imidazole rings is 1. The highest BCUT2D eigenvalue weighted by atomic mass is 31.2. The smallest absolute Gasteiger partial charge is 0.312 e. The molecule has 1 aliphatic carbocycles. The third-order valence-electron chi connectivity index (χ3n) is 3.93. The molecule has 0 aliphatic heterocycles. The molecule has 1 aliphatic rings. The first-order valence-corrected chi connectivity index (χ1v) is 8.31. The number of hydrogen-bond acceptors (Lipinski definition) is 5. The Morgan fingerprint density at radius 2 is 2.19 bits per heavy atom. The molecule has 114 valence electrons. The van der Waals surface area contributed by atoms with E-state index < -0.39 is 7.82 Å². The standard InChI is InChI=1S/C12H17N4O4P/c1-8-11-12(14-6-13-8)16(7-15-11)10-3-2-9(4-10)5-20-21(17,18)19/h6-7,9-10H,2-5H2,1H3,(H2,17,18,19)/t9-,10+/m1/s1. The fourth-order valence-corrected chi connectivity index (χ4v) is 3.30. The summed E-state index contributed by atoms with van der Waals surface area (Å²) in [6, 6.07) is 0.231. The monoisotopic (exact) mass is 312 g/mol. The van der Waals surface area contributed by atoms with E-state index >= 15 is 0 Å². The lowest BCUT2D eigenvalue weighted by atomic mass is 10.1. The van der Waals surface area contributed by atoms with Gasteiger partial charge in [0.25, 0.3) is 0 Å². The van der Waals surface area contributed by atoms with Crippen molar-refractivity contribution in [2.75, 3.05) is 6.61 Å². The number of hydrogen-bond donors (Lipinski definition) is 2. The largest absolute Gasteiger partial charge is 0.469 e. The molecule has 21 heavy (non-hydrogen) atoms. The van der Waals surface area contributed by atoms with Gasteiger partial charge in [-0.25, -0.2) is 19.5 Å². The quantitative estimate of drug-likeness (QED) is 0.825. The summed E-state index contributed by atoms with van der Waals surface area (Å²) >= 11 is 0. The second-order valence-electron chi connectivity index (χ2n) is 5.40. The van der Waals surface area contributed by atoms with E-state index in [9.17, 15) is 4.57 Å². The van der Waals surface area contributed by atoms with E-state index in [1.807, 2.05) is 11.5 Å². The van der Waals surface area contributed by atoms with Crippen LogP contribution in [0.5, 0.6) is 0 Å². The van der Waals surface area contributed by atoms with E-state index in [2.05, 4.69) is 19.5 Å². The van der Waals surface area contributed by atoms with E-state index in [1.54, 1.807) is 6.33 Å². The summed E-state index contributed by atoms with van der Waals surface area (Å²) in [7, 11) is -4.38. The summed E-state index contributed by atoms with van der Waals surface area (Å²) in [6.07, 6.45) is 5.88. The Hall–Kier alpha value is -1.34. The molecule has 2 atom stereocenters. The third-order valence-corrected chi connectivity index (χ3v) is 4.41. The molecular formula is C12H17N4O4P. The summed E-state index contributed by atoms with van der Waals surface area (Å²) in [4.78, 5) is 30.3. The first-order chi connectivity index (χ1) is 9.94. The predicted octanol–water partition coefficient (Wildman–Crippen LogP) is 1.59. The summed E-state index contributed by atoms with van der Waals surface area (Å²) in [6.45, 7) is 1.98. The molecular weight excluding hydrogens is 295 g/mol. The van der Waals surface area contributed by atoms with Gasteiger partial charge in [0.2, 0.25) is 0 Å². The Bertz CT molecular complexity index is 698. The fraction of sp³-hybridized carbons (Fsp3) is 0.583. The zero-order chi connectivity index (χ0) is 15.0.